The van der Waals surface area contributed by atoms with Crippen LogP contribution in [0.4, 0.5) is 40.1 Å². The van der Waals surface area contributed by atoms with E-state index in [-0.39, 0.29) is 205 Å². The molecule has 148 heavy (non-hydrogen) atoms. The van der Waals surface area contributed by atoms with Crippen LogP contribution in [0.3, 0.4) is 0 Å². The minimum absolute atomic E-state index is 0. The van der Waals surface area contributed by atoms with E-state index in [1.54, 1.807) is 55.0 Å². The van der Waals surface area contributed by atoms with Gasteiger partial charge >= 0.3 is 57.0 Å². The average Bonchev–Trinajstić information content (AvgIpc) is 1.63. The van der Waals surface area contributed by atoms with Crippen LogP contribution < -0.4 is 55.9 Å². The number of likely N-dealkylation sites (tertiary alicyclic amines) is 1. The average molecular weight is 2120 g/mol. The lowest BCUT2D eigenvalue weighted by Crippen LogP contribution is -2.54. The first-order valence-corrected chi connectivity index (χ1v) is 53.7. The summed E-state index contributed by atoms with van der Waals surface area (Å²) in [5.74, 6) is 10.9. The van der Waals surface area contributed by atoms with Gasteiger partial charge in [0.2, 0.25) is 23.6 Å². The summed E-state index contributed by atoms with van der Waals surface area (Å²) < 4.78 is 102. The number of amides is 10. The third-order valence-electron chi connectivity index (χ3n) is 27.1. The molecule has 0 bridgehead atoms. The maximum atomic E-state index is 14.8. The number of carbonyl (C=O) groups is 12. The van der Waals surface area contributed by atoms with Crippen LogP contribution in [0.2, 0.25) is 0 Å². The smallest absolute Gasteiger partial charge is 0.449 e. The fourth-order valence-electron chi connectivity index (χ4n) is 18.7. The molecule has 4 aliphatic carbocycles. The number of non-ortho nitro benzene ring substituents is 1. The van der Waals surface area contributed by atoms with Gasteiger partial charge in [0, 0.05) is 140 Å². The van der Waals surface area contributed by atoms with Gasteiger partial charge in [0.15, 0.2) is 11.6 Å². The Balaban J connectivity index is 0.000000478. The van der Waals surface area contributed by atoms with E-state index in [1.165, 1.54) is 43.3 Å². The van der Waals surface area contributed by atoms with Crippen molar-refractivity contribution < 1.29 is 127 Å². The molecule has 18 atom stereocenters. The van der Waals surface area contributed by atoms with Crippen molar-refractivity contribution in [2.45, 2.75) is 262 Å². The lowest BCUT2D eigenvalue weighted by atomic mass is 9.83. The number of benzene rings is 3. The van der Waals surface area contributed by atoms with E-state index in [1.807, 2.05) is 130 Å². The van der Waals surface area contributed by atoms with Crippen molar-refractivity contribution in [1.82, 2.24) is 54.9 Å². The number of likely N-dealkylation sites (N-methyl/N-ethyl adjacent to an activating group) is 2. The van der Waals surface area contributed by atoms with Crippen molar-refractivity contribution in [2.24, 2.45) is 88.6 Å². The predicted molar refractivity (Wildman–Crippen MR) is 555 cm³/mol. The fraction of sp³-hybridized carbons (Fsp3) is 0.673. The third-order valence-corrected chi connectivity index (χ3v) is 29.1. The first-order chi connectivity index (χ1) is 69.5. The highest BCUT2D eigenvalue weighted by atomic mass is 32.2. The number of ether oxygens (including phenoxy) is 9. The Morgan fingerprint density at radius 1 is 0.622 bits per heavy atom. The molecule has 44 heteroatoms. The van der Waals surface area contributed by atoms with E-state index < -0.39 is 116 Å². The van der Waals surface area contributed by atoms with E-state index in [2.05, 4.69) is 59.7 Å². The van der Waals surface area contributed by atoms with Gasteiger partial charge in [-0.2, -0.15) is 26.3 Å². The number of ketones is 2. The maximum Gasteiger partial charge on any atom is 0.513 e. The molecule has 0 aromatic heterocycles. The van der Waals surface area contributed by atoms with Gasteiger partial charge in [-0.1, -0.05) is 126 Å². The van der Waals surface area contributed by atoms with Crippen molar-refractivity contribution in [3.05, 3.63) is 100 Å². The second-order valence-electron chi connectivity index (χ2n) is 40.0. The first kappa shape index (κ1) is 127. The molecule has 10 amide bonds. The van der Waals surface area contributed by atoms with Crippen LogP contribution in [0.5, 0.6) is 5.75 Å². The van der Waals surface area contributed by atoms with Crippen molar-refractivity contribution in [3.63, 3.8) is 0 Å². The zero-order valence-corrected chi connectivity index (χ0v) is 89.9. The molecular formula is C104H162N14O28S2. The predicted octanol–water partition coefficient (Wildman–Crippen LogP) is 11.8. The highest BCUT2D eigenvalue weighted by molar-refractivity contribution is 7.88. The Morgan fingerprint density at radius 3 is 1.64 bits per heavy atom. The molecule has 1 heterocycles. The highest BCUT2D eigenvalue weighted by Gasteiger charge is 2.51. The van der Waals surface area contributed by atoms with Gasteiger partial charge in [-0.3, -0.25) is 38.9 Å². The number of fused-ring (bicyclic) bond motifs is 2. The first-order valence-electron chi connectivity index (χ1n) is 50.7. The summed E-state index contributed by atoms with van der Waals surface area (Å²) in [4.78, 5) is 170. The number of nitro benzene ring substituents is 1. The molecule has 3 fully saturated rings. The summed E-state index contributed by atoms with van der Waals surface area (Å²) in [6.07, 6.45) is 4.20. The normalized spacial score (nSPS) is 19.3. The summed E-state index contributed by atoms with van der Waals surface area (Å²) in [7, 11) is -1.95. The number of aliphatic hydroxyl groups is 1. The van der Waals surface area contributed by atoms with Crippen LogP contribution in [0.25, 0.3) is 0 Å². The van der Waals surface area contributed by atoms with Crippen LogP contribution >= 0.6 is 0 Å². The summed E-state index contributed by atoms with van der Waals surface area (Å²) in [5.41, 5.74) is 6.56. The second kappa shape index (κ2) is 63.6. The van der Waals surface area contributed by atoms with Crippen LogP contribution in [0, 0.1) is 117 Å². The number of hydrogen-bond acceptors (Lipinski definition) is 29. The number of primary amides is 1. The van der Waals surface area contributed by atoms with Gasteiger partial charge < -0.3 is 94.8 Å². The van der Waals surface area contributed by atoms with Gasteiger partial charge in [0.25, 0.3) is 5.69 Å². The molecule has 8 rings (SSSR count). The van der Waals surface area contributed by atoms with Crippen molar-refractivity contribution in [1.29, 1.82) is 0 Å². The molecule has 1 saturated heterocycles. The molecule has 1 aliphatic heterocycles. The van der Waals surface area contributed by atoms with Gasteiger partial charge in [0.05, 0.1) is 87.4 Å². The number of nitro groups is 1. The molecule has 0 spiro atoms. The Morgan fingerprint density at radius 2 is 1.16 bits per heavy atom. The van der Waals surface area contributed by atoms with Gasteiger partial charge in [-0.05, 0) is 180 Å². The van der Waals surface area contributed by atoms with Crippen LogP contribution in [-0.2, 0) is 93.7 Å². The minimum Gasteiger partial charge on any atom is -0.449 e. The Labute approximate surface area is 873 Å². The van der Waals surface area contributed by atoms with Gasteiger partial charge in [-0.25, -0.2) is 38.2 Å². The molecule has 42 nitrogen and oxygen atoms in total. The number of nitrogens with zero attached hydrogens (tertiary/aromatic N) is 4. The molecule has 3 aromatic rings. The zero-order valence-electron chi connectivity index (χ0n) is 88.3. The van der Waals surface area contributed by atoms with Crippen LogP contribution in [-0.4, -0.2) is 262 Å². The number of Topliss-reactive ketones (excluding diaryl/α,β-unsaturated/α-hetero) is 2. The van der Waals surface area contributed by atoms with E-state index in [0.717, 1.165) is 64.2 Å². The quantitative estimate of drug-likeness (QED) is 0.00475. The topological polar surface area (TPSA) is 564 Å². The standard InChI is InChI=1S/C64H104N8O11.C22H27N3O10S.C17H27N3O7S.CH4/c1-18-41(8)57(53(82-17)36-54(75)72-33-23-27-50(72)42(9)43(10)59(77)67-44(11)58(76)46-24-20-19-21-25-46)70(15)61(79)49(38(2)3)35-52(74)56(40(6)7)71(16)63(81)83-37-45-28-30-48(31-29-45)68-60(78)47(26-22-32-66-62(65)80)34-51(73)55(39(4)5)69-64(12,13)14;26-21(34-15-20-18-5-3-1-2-4-6-19(18)20)24-36(30,31)23-11-12-32-13-14-33-22(27)35-17-9-7-16(8-10-17)25(28)29;1-18-16(21)26-11-10-25-9-8-19-28(23,24)20-17(22)27-12-15-13-6-4-2-3-5-7-14(13)15;/h19-21,24-25,28-31,38-44,47,49-50,53,55-58,69,76H,18,22-23,26-27,32-37H2,1-17H3,(H,67,77)(H,68,78)(H3,65,66,80);7-10,18-20,23H,3-6,11-15H2,(H,24,26);13-15,19H,4-12H2,1H3,(H,18,21)(H,20,22);1H4/t41-,42+,43-,44-,47+,49-,50-,53+,55-,56-,57-,58-;18-,19+,20?;13-,14+,15?;/m0.../s1. The van der Waals surface area contributed by atoms with Gasteiger partial charge in [-0.15, -0.1) is 23.7 Å². The second-order valence-corrected chi connectivity index (χ2v) is 43.0. The Kier molecular flexibility index (Phi) is 54.6. The van der Waals surface area contributed by atoms with Gasteiger partial charge in [0.1, 0.15) is 25.6 Å². The lowest BCUT2D eigenvalue weighted by molar-refractivity contribution is -0.384. The highest BCUT2D eigenvalue weighted by Crippen LogP contribution is 2.53. The molecule has 12 N–H and O–H groups in total. The minimum atomic E-state index is -4.12. The van der Waals surface area contributed by atoms with Crippen LogP contribution in [0.15, 0.2) is 78.9 Å². The number of methoxy groups -OCH3 is 1. The van der Waals surface area contributed by atoms with Crippen molar-refractivity contribution in [3.8, 4) is 29.4 Å². The summed E-state index contributed by atoms with van der Waals surface area (Å²) in [6, 6.07) is 17.5. The number of hydrogen-bond donors (Lipinski definition) is 11. The molecular weight excluding hydrogens is 1960 g/mol. The number of urea groups is 1. The van der Waals surface area contributed by atoms with E-state index in [0.29, 0.717) is 66.3 Å². The SMILES string of the molecule is C.CC[C@H](C)[C@@H]([C@@H](CC(=O)N1CCC[C@H]1[C@H](C)[C@H](C)C(=O)N[C@@H](C)[C@H](O)c1ccccc1)OC)N(C)C(=O)[C@@H](CC(=O)[C@H](C(C)C)N(C)C(=O)OCc1ccc(NC(=O)[C@H](CCCNC(N)=O)CC(=O)[C@@H](NC(C)(C)C)C(C)C)cc1)C(C)C.CNC(=O)OCCOCCNS(=O)(=O)NC(=O)OCC1[C@H]2CCC#CCC[C@@H]12.O=C(NS(=O)(=O)NCCOCCOC(=O)Oc1ccc([N+](=O)[O-])cc1)OCC1[C@H]2CCC#CCC[C@@H]12. The molecule has 3 aromatic carbocycles. The van der Waals surface area contributed by atoms with Crippen LogP contribution in [0.1, 0.15) is 224 Å². The Hall–Kier alpha value is -11.4. The maximum absolute atomic E-state index is 14.8. The number of carbonyl (C=O) groups excluding carboxylic acids is 12. The fourth-order valence-corrected chi connectivity index (χ4v) is 20.1. The number of nitrogens with one attached hydrogen (secondary N) is 9. The molecule has 2 unspecified atom stereocenters. The third kappa shape index (κ3) is 44.1. The molecule has 0 radical (unpaired) electrons. The lowest BCUT2D eigenvalue weighted by Gasteiger charge is -2.41. The van der Waals surface area contributed by atoms with Crippen molar-refractivity contribution >= 4 is 104 Å². The number of rotatable bonds is 55. The summed E-state index contributed by atoms with van der Waals surface area (Å²) in [5, 5.41) is 35.6. The van der Waals surface area contributed by atoms with E-state index >= 15 is 0 Å². The van der Waals surface area contributed by atoms with E-state index in [4.69, 9.17) is 48.4 Å². The Bertz CT molecular complexity index is 5100. The zero-order chi connectivity index (χ0) is 109. The summed E-state index contributed by atoms with van der Waals surface area (Å²) in [6.45, 7) is 27.8. The van der Waals surface area contributed by atoms with E-state index in [9.17, 15) is 89.6 Å². The number of aliphatic hydroxyl groups excluding tert-OH is 1. The monoisotopic (exact) mass is 2120 g/mol. The molecule has 5 aliphatic rings. The van der Waals surface area contributed by atoms with Crippen molar-refractivity contribution in [2.75, 3.05) is 113 Å². The number of nitrogens with two attached hydrogens (primary N) is 1. The molecule has 2 saturated carbocycles. The largest absolute Gasteiger partial charge is 0.513 e. The number of alkyl carbamates (subject to hydrolysis) is 1. The molecule has 828 valence electrons. The number of anilines is 1. The summed E-state index contributed by atoms with van der Waals surface area (Å²) >= 11 is 0.